The molecular formula is H8Br4O4Sn. The molecule has 0 aliphatic rings. The van der Waals surface area contributed by atoms with E-state index in [0.717, 1.165) is 0 Å². The third kappa shape index (κ3) is 118. The second-order valence-corrected chi connectivity index (χ2v) is 77.6. The zero-order valence-corrected chi connectivity index (χ0v) is 13.2. The Morgan fingerprint density at radius 2 is 0.556 bits per heavy atom. The van der Waals surface area contributed by atoms with Gasteiger partial charge in [0.1, 0.15) is 0 Å². The van der Waals surface area contributed by atoms with E-state index in [9.17, 15) is 0 Å². The SMILES string of the molecule is O.O.O.O.[Br][Sn]([Br])([Br])[Br]. The summed E-state index contributed by atoms with van der Waals surface area (Å²) in [5.41, 5.74) is 0. The molecule has 0 saturated carbocycles. The Balaban J connectivity index is -0.0000000133. The van der Waals surface area contributed by atoms with E-state index in [1.54, 1.807) is 0 Å². The summed E-state index contributed by atoms with van der Waals surface area (Å²) in [5.74, 6) is 0. The summed E-state index contributed by atoms with van der Waals surface area (Å²) in [7, 11) is -1.93. The van der Waals surface area contributed by atoms with Crippen LogP contribution in [-0.4, -0.2) is 31.4 Å². The molecule has 0 heterocycles. The standard InChI is InChI=1S/4BrH.4H2O.Sn/h4*1H;4*1H2;/q;;;;;;;;+4/p-4. The molecule has 0 amide bonds. The number of rotatable bonds is 0. The predicted molar refractivity (Wildman–Crippen MR) is 55.9 cm³/mol. The summed E-state index contributed by atoms with van der Waals surface area (Å²) in [4.78, 5) is 0. The molecule has 4 nitrogen and oxygen atoms in total. The number of hydrogen-bond donors (Lipinski definition) is 0. The Morgan fingerprint density at radius 3 is 0.556 bits per heavy atom. The first-order valence-electron chi connectivity index (χ1n) is 0.756. The molecule has 0 aromatic heterocycles. The topological polar surface area (TPSA) is 126 Å². The molecule has 9 heavy (non-hydrogen) atoms. The predicted octanol–water partition coefficient (Wildman–Crippen LogP) is -0.297. The van der Waals surface area contributed by atoms with Crippen LogP contribution in [0.4, 0.5) is 0 Å². The summed E-state index contributed by atoms with van der Waals surface area (Å²) >= 11 is 13.3. The van der Waals surface area contributed by atoms with Crippen LogP contribution < -0.4 is 0 Å². The maximum absolute atomic E-state index is 3.34. The molecule has 0 aromatic rings. The van der Waals surface area contributed by atoms with Crippen LogP contribution in [0.15, 0.2) is 0 Å². The fourth-order valence-electron chi connectivity index (χ4n) is 0. The average Bonchev–Trinajstić information content (AvgIpc) is 0.722. The first-order valence-corrected chi connectivity index (χ1v) is 26.3. The third-order valence-electron chi connectivity index (χ3n) is 0. The summed E-state index contributed by atoms with van der Waals surface area (Å²) in [6, 6.07) is 0. The number of halogens is 4. The van der Waals surface area contributed by atoms with Gasteiger partial charge in [-0.15, -0.1) is 0 Å². The van der Waals surface area contributed by atoms with Crippen molar-refractivity contribution < 1.29 is 21.9 Å². The Hall–Kier alpha value is 2.56. The van der Waals surface area contributed by atoms with Crippen molar-refractivity contribution in [2.45, 2.75) is 0 Å². The van der Waals surface area contributed by atoms with Gasteiger partial charge in [0.25, 0.3) is 0 Å². The molecule has 0 rings (SSSR count). The minimum absolute atomic E-state index is 0. The second-order valence-electron chi connectivity index (χ2n) is 0.429. The molecular weight excluding hydrogens is 502 g/mol. The van der Waals surface area contributed by atoms with Crippen LogP contribution in [0.25, 0.3) is 0 Å². The van der Waals surface area contributed by atoms with Gasteiger partial charge in [-0.2, -0.15) is 0 Å². The van der Waals surface area contributed by atoms with E-state index >= 15 is 0 Å². The van der Waals surface area contributed by atoms with Crippen molar-refractivity contribution in [1.29, 1.82) is 0 Å². The van der Waals surface area contributed by atoms with Crippen molar-refractivity contribution in [3.63, 3.8) is 0 Å². The number of hydrogen-bond acceptors (Lipinski definition) is 0. The fraction of sp³-hybridized carbons (Fsp3) is 0. The molecule has 0 aliphatic heterocycles. The van der Waals surface area contributed by atoms with Crippen LogP contribution in [0.5, 0.6) is 0 Å². The van der Waals surface area contributed by atoms with E-state index in [4.69, 9.17) is 0 Å². The second kappa shape index (κ2) is 13.2. The van der Waals surface area contributed by atoms with Gasteiger partial charge < -0.3 is 21.9 Å². The fourth-order valence-corrected chi connectivity index (χ4v) is 0. The molecule has 0 aliphatic carbocycles. The Labute approximate surface area is 80.9 Å². The van der Waals surface area contributed by atoms with Crippen LogP contribution in [0, 0.1) is 0 Å². The van der Waals surface area contributed by atoms with Crippen molar-refractivity contribution in [3.05, 3.63) is 0 Å². The molecule has 64 valence electrons. The molecule has 0 radical (unpaired) electrons. The molecule has 0 spiro atoms. The van der Waals surface area contributed by atoms with Crippen LogP contribution in [-0.2, 0) is 0 Å². The van der Waals surface area contributed by atoms with Gasteiger partial charge in [-0.3, -0.25) is 0 Å². The summed E-state index contributed by atoms with van der Waals surface area (Å²) in [6.45, 7) is 0. The normalized spacial score (nSPS) is 6.67. The van der Waals surface area contributed by atoms with Crippen molar-refractivity contribution in [2.75, 3.05) is 0 Å². The van der Waals surface area contributed by atoms with Crippen molar-refractivity contribution in [1.82, 2.24) is 0 Å². The van der Waals surface area contributed by atoms with Gasteiger partial charge in [0.15, 0.2) is 0 Å². The summed E-state index contributed by atoms with van der Waals surface area (Å²) in [6.07, 6.45) is 0. The molecule has 0 unspecified atom stereocenters. The van der Waals surface area contributed by atoms with E-state index in [1.165, 1.54) is 0 Å². The van der Waals surface area contributed by atoms with Crippen LogP contribution in [0.1, 0.15) is 0 Å². The molecule has 0 atom stereocenters. The maximum atomic E-state index is 3.34. The van der Waals surface area contributed by atoms with Crippen LogP contribution in [0.2, 0.25) is 0 Å². The quantitative estimate of drug-likeness (QED) is 0.397. The van der Waals surface area contributed by atoms with E-state index < -0.39 is 9.49 Å². The van der Waals surface area contributed by atoms with Gasteiger partial charge in [0.05, 0.1) is 0 Å². The molecule has 9 heteroatoms. The van der Waals surface area contributed by atoms with Gasteiger partial charge in [0, 0.05) is 0 Å². The van der Waals surface area contributed by atoms with E-state index in [-0.39, 0.29) is 21.9 Å². The van der Waals surface area contributed by atoms with E-state index in [0.29, 0.717) is 0 Å². The van der Waals surface area contributed by atoms with Crippen molar-refractivity contribution >= 4 is 60.3 Å². The van der Waals surface area contributed by atoms with E-state index in [1.807, 2.05) is 0 Å². The molecule has 0 saturated heterocycles. The van der Waals surface area contributed by atoms with Gasteiger partial charge in [-0.25, -0.2) is 0 Å². The van der Waals surface area contributed by atoms with Gasteiger partial charge >= 0.3 is 60.3 Å². The van der Waals surface area contributed by atoms with Gasteiger partial charge in [-0.1, -0.05) is 0 Å². The van der Waals surface area contributed by atoms with Crippen molar-refractivity contribution in [3.8, 4) is 0 Å². The van der Waals surface area contributed by atoms with Crippen LogP contribution >= 0.6 is 50.8 Å². The first kappa shape index (κ1) is 30.0. The first-order chi connectivity index (χ1) is 2.00. The molecule has 0 aromatic carbocycles. The van der Waals surface area contributed by atoms with Gasteiger partial charge in [0.2, 0.25) is 0 Å². The van der Waals surface area contributed by atoms with E-state index in [2.05, 4.69) is 50.8 Å². The zero-order chi connectivity index (χ0) is 4.50. The van der Waals surface area contributed by atoms with Gasteiger partial charge in [-0.05, 0) is 0 Å². The molecule has 8 N–H and O–H groups in total. The molecule has 0 fully saturated rings. The zero-order valence-electron chi connectivity index (χ0n) is 4.01. The Kier molecular flexibility index (Phi) is 43.8. The molecule has 0 bridgehead atoms. The minimum atomic E-state index is -1.93. The monoisotopic (exact) mass is 508 g/mol. The average molecular weight is 510 g/mol. The summed E-state index contributed by atoms with van der Waals surface area (Å²) < 4.78 is 0. The van der Waals surface area contributed by atoms with Crippen molar-refractivity contribution in [2.24, 2.45) is 0 Å². The van der Waals surface area contributed by atoms with Crippen LogP contribution in [0.3, 0.4) is 0 Å². The summed E-state index contributed by atoms with van der Waals surface area (Å²) in [5, 5.41) is 0. The Bertz CT molecular complexity index is 28.0. The third-order valence-corrected chi connectivity index (χ3v) is 0. The Morgan fingerprint density at radius 1 is 0.556 bits per heavy atom.